The van der Waals surface area contributed by atoms with Crippen LogP contribution in [0.15, 0.2) is 0 Å². The van der Waals surface area contributed by atoms with Crippen LogP contribution in [-0.4, -0.2) is 24.4 Å². The average Bonchev–Trinajstić information content (AvgIpc) is 2.72. The predicted octanol–water partition coefficient (Wildman–Crippen LogP) is 3.62. The molecule has 0 aromatic rings. The molecule has 3 saturated carbocycles. The summed E-state index contributed by atoms with van der Waals surface area (Å²) in [5, 5.41) is 10.0. The monoisotopic (exact) mass is 266 g/mol. The average molecular weight is 266 g/mol. The first kappa shape index (κ1) is 13.9. The molecule has 3 fully saturated rings. The molecule has 3 aliphatic carbocycles. The van der Waals surface area contributed by atoms with Crippen LogP contribution in [0, 0.1) is 28.6 Å². The largest absolute Gasteiger partial charge is 0.390 e. The third-order valence-electron chi connectivity index (χ3n) is 7.53. The van der Waals surface area contributed by atoms with Crippen LogP contribution in [0.2, 0.25) is 0 Å². The van der Waals surface area contributed by atoms with E-state index in [1.165, 1.54) is 25.7 Å². The Labute approximate surface area is 117 Å². The summed E-state index contributed by atoms with van der Waals surface area (Å²) >= 11 is 0. The van der Waals surface area contributed by atoms with Gasteiger partial charge in [-0.25, -0.2) is 0 Å². The molecule has 2 nitrogen and oxygen atoms in total. The van der Waals surface area contributed by atoms with E-state index in [4.69, 9.17) is 4.74 Å². The van der Waals surface area contributed by atoms with Crippen molar-refractivity contribution in [3.05, 3.63) is 0 Å². The lowest BCUT2D eigenvalue weighted by Crippen LogP contribution is -2.42. The minimum Gasteiger partial charge on any atom is -0.390 e. The number of aliphatic hydroxyl groups is 1. The van der Waals surface area contributed by atoms with Crippen LogP contribution < -0.4 is 0 Å². The lowest BCUT2D eigenvalue weighted by molar-refractivity contribution is -0.0712. The Balaban J connectivity index is 1.78. The molecule has 19 heavy (non-hydrogen) atoms. The van der Waals surface area contributed by atoms with Crippen LogP contribution in [0.3, 0.4) is 0 Å². The summed E-state index contributed by atoms with van der Waals surface area (Å²) < 4.78 is 5.51. The van der Waals surface area contributed by atoms with Gasteiger partial charge in [0.05, 0.1) is 12.2 Å². The van der Waals surface area contributed by atoms with Gasteiger partial charge >= 0.3 is 0 Å². The smallest absolute Gasteiger partial charge is 0.0832 e. The number of methoxy groups -OCH3 is 1. The van der Waals surface area contributed by atoms with Gasteiger partial charge in [-0.05, 0) is 67.1 Å². The first-order valence-electron chi connectivity index (χ1n) is 8.11. The molecule has 0 aromatic heterocycles. The van der Waals surface area contributed by atoms with Gasteiger partial charge in [-0.2, -0.15) is 0 Å². The number of fused-ring (bicyclic) bond motifs is 2. The first-order chi connectivity index (χ1) is 8.90. The Bertz CT molecular complexity index is 351. The minimum atomic E-state index is -0.236. The van der Waals surface area contributed by atoms with Gasteiger partial charge in [-0.1, -0.05) is 20.8 Å². The molecule has 2 heteroatoms. The van der Waals surface area contributed by atoms with Crippen LogP contribution in [-0.2, 0) is 4.74 Å². The van der Waals surface area contributed by atoms with Gasteiger partial charge in [0, 0.05) is 7.11 Å². The Hall–Kier alpha value is -0.0800. The molecule has 0 radical (unpaired) electrons. The summed E-state index contributed by atoms with van der Waals surface area (Å²) in [6.45, 7) is 7.53. The van der Waals surface area contributed by atoms with E-state index >= 15 is 0 Å². The van der Waals surface area contributed by atoms with E-state index in [2.05, 4.69) is 20.8 Å². The molecule has 1 N–H and O–H groups in total. The fourth-order valence-corrected chi connectivity index (χ4v) is 5.74. The number of hydrogen-bond acceptors (Lipinski definition) is 2. The van der Waals surface area contributed by atoms with E-state index in [0.717, 1.165) is 30.6 Å². The molecule has 0 heterocycles. The number of ether oxygens (including phenoxy) is 1. The molecule has 0 aromatic carbocycles. The van der Waals surface area contributed by atoms with Crippen molar-refractivity contribution in [3.63, 3.8) is 0 Å². The highest BCUT2D eigenvalue weighted by Crippen LogP contribution is 2.70. The molecule has 0 amide bonds. The van der Waals surface area contributed by atoms with Crippen LogP contribution >= 0.6 is 0 Å². The van der Waals surface area contributed by atoms with Crippen LogP contribution in [0.5, 0.6) is 0 Å². The second-order valence-corrected chi connectivity index (χ2v) is 8.13. The van der Waals surface area contributed by atoms with Crippen molar-refractivity contribution in [1.29, 1.82) is 0 Å². The number of rotatable bonds is 2. The Morgan fingerprint density at radius 1 is 1.05 bits per heavy atom. The second-order valence-electron chi connectivity index (χ2n) is 8.13. The summed E-state index contributed by atoms with van der Waals surface area (Å²) in [6.07, 6.45) is 7.30. The summed E-state index contributed by atoms with van der Waals surface area (Å²) in [6, 6.07) is 0. The normalized spacial score (nSPS) is 52.6. The van der Waals surface area contributed by atoms with Crippen molar-refractivity contribution < 1.29 is 9.84 Å². The molecular formula is C17H30O2. The lowest BCUT2D eigenvalue weighted by Gasteiger charge is -2.45. The topological polar surface area (TPSA) is 29.5 Å². The molecular weight excluding hydrogens is 236 g/mol. The van der Waals surface area contributed by atoms with Crippen LogP contribution in [0.25, 0.3) is 0 Å². The van der Waals surface area contributed by atoms with Gasteiger partial charge in [0.25, 0.3) is 0 Å². The molecule has 0 saturated heterocycles. The Kier molecular flexibility index (Phi) is 3.26. The van der Waals surface area contributed by atoms with Crippen molar-refractivity contribution >= 4 is 0 Å². The fourth-order valence-electron chi connectivity index (χ4n) is 5.74. The van der Waals surface area contributed by atoms with E-state index in [1.54, 1.807) is 7.11 Å². The van der Waals surface area contributed by atoms with E-state index in [-0.39, 0.29) is 12.2 Å². The van der Waals surface area contributed by atoms with Crippen molar-refractivity contribution in [2.45, 2.75) is 71.5 Å². The molecule has 3 rings (SSSR count). The number of hydrogen-bond donors (Lipinski definition) is 1. The van der Waals surface area contributed by atoms with E-state index in [1.807, 2.05) is 0 Å². The maximum Gasteiger partial charge on any atom is 0.0832 e. The van der Waals surface area contributed by atoms with Crippen molar-refractivity contribution in [2.24, 2.45) is 28.6 Å². The zero-order chi connectivity index (χ0) is 13.8. The van der Waals surface area contributed by atoms with Gasteiger partial charge in [0.2, 0.25) is 0 Å². The highest BCUT2D eigenvalue weighted by atomic mass is 16.5. The molecule has 2 bridgehead atoms. The summed E-state index contributed by atoms with van der Waals surface area (Å²) in [5.74, 6) is 2.55. The SMILES string of the molecule is COC1CC([C@H]2C[C@@H]3CC[C@@]2(C)C3(C)C)CCC1O. The molecule has 0 spiro atoms. The van der Waals surface area contributed by atoms with Crippen LogP contribution in [0.4, 0.5) is 0 Å². The molecule has 0 aliphatic heterocycles. The lowest BCUT2D eigenvalue weighted by atomic mass is 9.61. The highest BCUT2D eigenvalue weighted by molar-refractivity contribution is 5.11. The molecule has 3 unspecified atom stereocenters. The van der Waals surface area contributed by atoms with Gasteiger partial charge in [-0.3, -0.25) is 0 Å². The predicted molar refractivity (Wildman–Crippen MR) is 76.9 cm³/mol. The third kappa shape index (κ3) is 1.82. The second kappa shape index (κ2) is 4.46. The molecule has 110 valence electrons. The maximum absolute atomic E-state index is 10.0. The van der Waals surface area contributed by atoms with Gasteiger partial charge in [0.15, 0.2) is 0 Å². The molecule has 6 atom stereocenters. The van der Waals surface area contributed by atoms with Crippen molar-refractivity contribution in [1.82, 2.24) is 0 Å². The van der Waals surface area contributed by atoms with E-state index in [0.29, 0.717) is 10.8 Å². The third-order valence-corrected chi connectivity index (χ3v) is 7.53. The Morgan fingerprint density at radius 2 is 1.79 bits per heavy atom. The standard InChI is InChI=1S/C17H30O2/c1-16(2)12-7-8-17(16,3)13(10-12)11-5-6-14(18)15(9-11)19-4/h11-15,18H,5-10H2,1-4H3/t11?,12-,13+,14?,15?,17+/m0/s1. The quantitative estimate of drug-likeness (QED) is 0.827. The summed E-state index contributed by atoms with van der Waals surface area (Å²) in [7, 11) is 1.75. The zero-order valence-corrected chi connectivity index (χ0v) is 13.0. The minimum absolute atomic E-state index is 0.0737. The van der Waals surface area contributed by atoms with E-state index in [9.17, 15) is 5.11 Å². The summed E-state index contributed by atoms with van der Waals surface area (Å²) in [4.78, 5) is 0. The van der Waals surface area contributed by atoms with Gasteiger partial charge in [-0.15, -0.1) is 0 Å². The summed E-state index contributed by atoms with van der Waals surface area (Å²) in [5.41, 5.74) is 1.03. The maximum atomic E-state index is 10.0. The van der Waals surface area contributed by atoms with E-state index < -0.39 is 0 Å². The highest BCUT2D eigenvalue weighted by Gasteiger charge is 2.62. The number of aliphatic hydroxyl groups excluding tert-OH is 1. The van der Waals surface area contributed by atoms with Crippen LogP contribution in [0.1, 0.15) is 59.3 Å². The van der Waals surface area contributed by atoms with Crippen molar-refractivity contribution in [3.8, 4) is 0 Å². The zero-order valence-electron chi connectivity index (χ0n) is 13.0. The van der Waals surface area contributed by atoms with Gasteiger partial charge < -0.3 is 9.84 Å². The van der Waals surface area contributed by atoms with Crippen molar-refractivity contribution in [2.75, 3.05) is 7.11 Å². The first-order valence-corrected chi connectivity index (χ1v) is 8.11. The Morgan fingerprint density at radius 3 is 2.32 bits per heavy atom. The fraction of sp³-hybridized carbons (Fsp3) is 1.00. The molecule has 3 aliphatic rings. The van der Waals surface area contributed by atoms with Gasteiger partial charge in [0.1, 0.15) is 0 Å².